The molecule has 0 N–H and O–H groups in total. The van der Waals surface area contributed by atoms with Crippen LogP contribution in [0.5, 0.6) is 0 Å². The van der Waals surface area contributed by atoms with Gasteiger partial charge in [-0.05, 0) is 63.1 Å². The number of aromatic nitrogens is 2. The Morgan fingerprint density at radius 1 is 1.12 bits per heavy atom. The van der Waals surface area contributed by atoms with Crippen molar-refractivity contribution in [2.75, 3.05) is 26.7 Å². The van der Waals surface area contributed by atoms with Crippen molar-refractivity contribution in [3.05, 3.63) is 27.7 Å². The second-order valence-corrected chi connectivity index (χ2v) is 7.53. The number of carbonyl (C=O) groups is 1. The Labute approximate surface area is 142 Å². The van der Waals surface area contributed by atoms with Gasteiger partial charge in [0, 0.05) is 26.2 Å². The Hall–Kier alpha value is -1.69. The van der Waals surface area contributed by atoms with Crippen molar-refractivity contribution in [3.63, 3.8) is 0 Å². The summed E-state index contributed by atoms with van der Waals surface area (Å²) in [5.41, 5.74) is 2.31. The maximum absolute atomic E-state index is 12.2. The van der Waals surface area contributed by atoms with Crippen molar-refractivity contribution in [1.29, 1.82) is 0 Å². The van der Waals surface area contributed by atoms with E-state index in [4.69, 9.17) is 0 Å². The van der Waals surface area contributed by atoms with Gasteiger partial charge in [0.15, 0.2) is 0 Å². The van der Waals surface area contributed by atoms with E-state index in [0.29, 0.717) is 5.92 Å². The first-order chi connectivity index (χ1) is 11.6. The number of piperidine rings is 1. The smallest absolute Gasteiger partial charge is 0.267 e. The molecule has 3 aliphatic rings. The zero-order chi connectivity index (χ0) is 16.7. The number of nitrogens with zero attached hydrogens (tertiary/aromatic N) is 4. The molecule has 2 aliphatic heterocycles. The van der Waals surface area contributed by atoms with Crippen molar-refractivity contribution in [2.45, 2.75) is 51.1 Å². The maximum atomic E-state index is 12.2. The number of rotatable bonds is 3. The van der Waals surface area contributed by atoms with Crippen LogP contribution in [0.4, 0.5) is 0 Å². The average Bonchev–Trinajstić information content (AvgIpc) is 3.16. The summed E-state index contributed by atoms with van der Waals surface area (Å²) in [6, 6.07) is 1.87. The molecule has 6 heteroatoms. The van der Waals surface area contributed by atoms with Crippen LogP contribution in [0.2, 0.25) is 0 Å². The molecule has 1 aromatic rings. The molecule has 0 spiro atoms. The zero-order valence-corrected chi connectivity index (χ0v) is 14.4. The van der Waals surface area contributed by atoms with E-state index < -0.39 is 0 Å². The molecule has 0 saturated carbocycles. The van der Waals surface area contributed by atoms with Crippen LogP contribution in [-0.4, -0.2) is 58.2 Å². The van der Waals surface area contributed by atoms with Crippen molar-refractivity contribution in [3.8, 4) is 0 Å². The number of hydrogen-bond donors (Lipinski definition) is 0. The Morgan fingerprint density at radius 2 is 1.92 bits per heavy atom. The molecule has 130 valence electrons. The van der Waals surface area contributed by atoms with E-state index in [9.17, 15) is 9.59 Å². The lowest BCUT2D eigenvalue weighted by molar-refractivity contribution is -0.131. The van der Waals surface area contributed by atoms with Crippen LogP contribution >= 0.6 is 0 Å². The number of aryl methyl sites for hydroxylation is 2. The van der Waals surface area contributed by atoms with Gasteiger partial charge in [-0.25, -0.2) is 4.68 Å². The van der Waals surface area contributed by atoms with E-state index in [1.165, 1.54) is 0 Å². The predicted molar refractivity (Wildman–Crippen MR) is 90.9 cm³/mol. The van der Waals surface area contributed by atoms with Gasteiger partial charge in [-0.2, -0.15) is 5.10 Å². The van der Waals surface area contributed by atoms with Crippen LogP contribution in [0.1, 0.15) is 36.9 Å². The Morgan fingerprint density at radius 3 is 2.62 bits per heavy atom. The van der Waals surface area contributed by atoms with E-state index in [1.54, 1.807) is 10.7 Å². The highest BCUT2D eigenvalue weighted by Gasteiger charge is 2.35. The van der Waals surface area contributed by atoms with Gasteiger partial charge in [-0.1, -0.05) is 0 Å². The van der Waals surface area contributed by atoms with E-state index >= 15 is 0 Å². The van der Waals surface area contributed by atoms with Crippen molar-refractivity contribution < 1.29 is 4.79 Å². The normalized spacial score (nSPS) is 25.5. The molecule has 3 heterocycles. The molecule has 1 aromatic heterocycles. The van der Waals surface area contributed by atoms with Gasteiger partial charge in [0.1, 0.15) is 0 Å². The molecule has 1 atom stereocenters. The minimum atomic E-state index is 0.0469. The second-order valence-electron chi connectivity index (χ2n) is 7.53. The molecule has 0 bridgehead atoms. The summed E-state index contributed by atoms with van der Waals surface area (Å²) >= 11 is 0. The van der Waals surface area contributed by atoms with Gasteiger partial charge in [-0.15, -0.1) is 0 Å². The minimum Gasteiger partial charge on any atom is -0.344 e. The fourth-order valence-corrected chi connectivity index (χ4v) is 4.40. The lowest BCUT2D eigenvalue weighted by Crippen LogP contribution is -2.46. The van der Waals surface area contributed by atoms with Gasteiger partial charge >= 0.3 is 0 Å². The molecular formula is C18H26N4O2. The second kappa shape index (κ2) is 6.31. The van der Waals surface area contributed by atoms with Gasteiger partial charge in [-0.3, -0.25) is 14.5 Å². The summed E-state index contributed by atoms with van der Waals surface area (Å²) in [6.07, 6.45) is 6.16. The number of hydrogen-bond acceptors (Lipinski definition) is 4. The summed E-state index contributed by atoms with van der Waals surface area (Å²) in [5.74, 6) is 0.755. The highest BCUT2D eigenvalue weighted by atomic mass is 16.2. The fraction of sp³-hybridized carbons (Fsp3) is 0.722. The highest BCUT2D eigenvalue weighted by Crippen LogP contribution is 2.25. The SMILES string of the molecule is CN1CCC(N2CCC(Cn3nc4c(cc3=O)CCC4)CC2)C1=O. The van der Waals surface area contributed by atoms with Crippen LogP contribution in [0.15, 0.2) is 10.9 Å². The number of amides is 1. The zero-order valence-electron chi connectivity index (χ0n) is 14.4. The summed E-state index contributed by atoms with van der Waals surface area (Å²) in [4.78, 5) is 28.6. The molecule has 0 aromatic carbocycles. The molecule has 4 rings (SSSR count). The first-order valence-electron chi connectivity index (χ1n) is 9.21. The minimum absolute atomic E-state index is 0.0469. The van der Waals surface area contributed by atoms with Crippen LogP contribution in [0.25, 0.3) is 0 Å². The Kier molecular flexibility index (Phi) is 4.16. The van der Waals surface area contributed by atoms with Gasteiger partial charge in [0.25, 0.3) is 5.56 Å². The standard InChI is InChI=1S/C18H26N4O2/c1-20-8-7-16(18(20)24)21-9-5-13(6-10-21)12-22-17(23)11-14-3-2-4-15(14)19-22/h11,13,16H,2-10,12H2,1H3. The quantitative estimate of drug-likeness (QED) is 0.818. The molecule has 1 aliphatic carbocycles. The molecular weight excluding hydrogens is 304 g/mol. The van der Waals surface area contributed by atoms with E-state index in [1.807, 2.05) is 11.9 Å². The summed E-state index contributed by atoms with van der Waals surface area (Å²) in [5, 5.41) is 4.60. The molecule has 0 radical (unpaired) electrons. The average molecular weight is 330 g/mol. The molecule has 1 unspecified atom stereocenters. The van der Waals surface area contributed by atoms with Gasteiger partial charge in [0.2, 0.25) is 5.91 Å². The number of likely N-dealkylation sites (tertiary alicyclic amines) is 2. The van der Waals surface area contributed by atoms with Crippen LogP contribution in [-0.2, 0) is 24.2 Å². The third-order valence-corrected chi connectivity index (χ3v) is 5.94. The van der Waals surface area contributed by atoms with Crippen LogP contribution in [0, 0.1) is 5.92 Å². The third kappa shape index (κ3) is 2.88. The van der Waals surface area contributed by atoms with Crippen molar-refractivity contribution >= 4 is 5.91 Å². The summed E-state index contributed by atoms with van der Waals surface area (Å²) in [6.45, 7) is 3.50. The van der Waals surface area contributed by atoms with Crippen molar-refractivity contribution in [2.24, 2.45) is 5.92 Å². The van der Waals surface area contributed by atoms with Crippen molar-refractivity contribution in [1.82, 2.24) is 19.6 Å². The molecule has 24 heavy (non-hydrogen) atoms. The monoisotopic (exact) mass is 330 g/mol. The first kappa shape index (κ1) is 15.8. The van der Waals surface area contributed by atoms with Gasteiger partial charge < -0.3 is 4.90 Å². The van der Waals surface area contributed by atoms with Crippen LogP contribution in [0.3, 0.4) is 0 Å². The van der Waals surface area contributed by atoms with Gasteiger partial charge in [0.05, 0.1) is 11.7 Å². The molecule has 1 amide bonds. The lowest BCUT2D eigenvalue weighted by Gasteiger charge is -2.35. The largest absolute Gasteiger partial charge is 0.344 e. The summed E-state index contributed by atoms with van der Waals surface area (Å²) in [7, 11) is 1.89. The molecule has 2 saturated heterocycles. The fourth-order valence-electron chi connectivity index (χ4n) is 4.40. The van der Waals surface area contributed by atoms with E-state index in [0.717, 1.165) is 76.0 Å². The summed E-state index contributed by atoms with van der Waals surface area (Å²) < 4.78 is 1.68. The number of carbonyl (C=O) groups excluding carboxylic acids is 1. The maximum Gasteiger partial charge on any atom is 0.267 e. The third-order valence-electron chi connectivity index (χ3n) is 5.94. The Balaban J connectivity index is 1.37. The van der Waals surface area contributed by atoms with Crippen LogP contribution < -0.4 is 5.56 Å². The van der Waals surface area contributed by atoms with E-state index in [2.05, 4.69) is 10.00 Å². The number of fused-ring (bicyclic) bond motifs is 1. The topological polar surface area (TPSA) is 58.4 Å². The Bertz CT molecular complexity index is 691. The lowest BCUT2D eigenvalue weighted by atomic mass is 9.95. The predicted octanol–water partition coefficient (Wildman–Crippen LogP) is 0.675. The molecule has 2 fully saturated rings. The number of likely N-dealkylation sites (N-methyl/N-ethyl adjacent to an activating group) is 1. The highest BCUT2D eigenvalue weighted by molar-refractivity contribution is 5.83. The van der Waals surface area contributed by atoms with E-state index in [-0.39, 0.29) is 17.5 Å². The molecule has 6 nitrogen and oxygen atoms in total. The first-order valence-corrected chi connectivity index (χ1v) is 9.21.